The minimum atomic E-state index is -0.548. The molecule has 2 saturated heterocycles. The lowest BCUT2D eigenvalue weighted by atomic mass is 9.74. The van der Waals surface area contributed by atoms with Gasteiger partial charge >= 0.3 is 5.97 Å². The average molecular weight is 268 g/mol. The van der Waals surface area contributed by atoms with Gasteiger partial charge in [0.05, 0.1) is 5.60 Å². The zero-order valence-electron chi connectivity index (χ0n) is 12.0. The van der Waals surface area contributed by atoms with Crippen LogP contribution in [0.2, 0.25) is 0 Å². The predicted molar refractivity (Wildman–Crippen MR) is 69.5 cm³/mol. The van der Waals surface area contributed by atoms with Gasteiger partial charge in [0.15, 0.2) is 0 Å². The van der Waals surface area contributed by atoms with Crippen LogP contribution in [0.3, 0.4) is 0 Å². The summed E-state index contributed by atoms with van der Waals surface area (Å²) in [6.07, 6.45) is 4.02. The van der Waals surface area contributed by atoms with E-state index in [2.05, 4.69) is 20.8 Å². The summed E-state index contributed by atoms with van der Waals surface area (Å²) >= 11 is 0. The monoisotopic (exact) mass is 268 g/mol. The van der Waals surface area contributed by atoms with Crippen molar-refractivity contribution in [1.82, 2.24) is 0 Å². The van der Waals surface area contributed by atoms with Crippen LogP contribution in [0.5, 0.6) is 0 Å². The van der Waals surface area contributed by atoms with Gasteiger partial charge in [0.2, 0.25) is 0 Å². The Hall–Kier alpha value is -0.610. The molecule has 1 saturated carbocycles. The SMILES string of the molecule is CC1CCC2[C@@H]1CC1(C)CC(OC(=O)CO)C2(C)O1. The Morgan fingerprint density at radius 2 is 2.11 bits per heavy atom. The van der Waals surface area contributed by atoms with Gasteiger partial charge in [0.1, 0.15) is 18.3 Å². The minimum absolute atomic E-state index is 0.172. The van der Waals surface area contributed by atoms with Crippen molar-refractivity contribution in [2.75, 3.05) is 6.61 Å². The number of hydrogen-bond acceptors (Lipinski definition) is 4. The topological polar surface area (TPSA) is 55.8 Å². The summed E-state index contributed by atoms with van der Waals surface area (Å²) in [7, 11) is 0. The summed E-state index contributed by atoms with van der Waals surface area (Å²) in [5.41, 5.74) is -0.540. The number of aliphatic hydroxyl groups excluding tert-OH is 1. The Kier molecular flexibility index (Phi) is 2.95. The number of hydrogen-bond donors (Lipinski definition) is 1. The van der Waals surface area contributed by atoms with E-state index in [0.29, 0.717) is 11.8 Å². The molecule has 0 radical (unpaired) electrons. The summed E-state index contributed by atoms with van der Waals surface area (Å²) < 4.78 is 11.8. The smallest absolute Gasteiger partial charge is 0.332 e. The molecule has 1 N–H and O–H groups in total. The van der Waals surface area contributed by atoms with Crippen LogP contribution < -0.4 is 0 Å². The molecule has 3 aliphatic rings. The van der Waals surface area contributed by atoms with E-state index in [1.54, 1.807) is 0 Å². The van der Waals surface area contributed by atoms with Crippen molar-refractivity contribution >= 4 is 5.97 Å². The fourth-order valence-corrected chi connectivity index (χ4v) is 4.85. The number of carbonyl (C=O) groups excluding carboxylic acids is 1. The molecule has 108 valence electrons. The first kappa shape index (κ1) is 13.4. The molecule has 0 aromatic heterocycles. The first-order valence-corrected chi connectivity index (χ1v) is 7.38. The first-order chi connectivity index (χ1) is 8.88. The van der Waals surface area contributed by atoms with Gasteiger partial charge in [0.25, 0.3) is 0 Å². The largest absolute Gasteiger partial charge is 0.457 e. The van der Waals surface area contributed by atoms with Gasteiger partial charge in [0, 0.05) is 6.42 Å². The third-order valence-electron chi connectivity index (χ3n) is 5.71. The number of carbonyl (C=O) groups is 1. The molecule has 2 heterocycles. The molecular weight excluding hydrogens is 244 g/mol. The van der Waals surface area contributed by atoms with Crippen LogP contribution in [0.15, 0.2) is 0 Å². The van der Waals surface area contributed by atoms with Crippen molar-refractivity contribution in [3.8, 4) is 0 Å². The maximum absolute atomic E-state index is 11.4. The van der Waals surface area contributed by atoms with E-state index in [1.165, 1.54) is 6.42 Å². The predicted octanol–water partition coefficient (Wildman–Crippen LogP) is 1.89. The lowest BCUT2D eigenvalue weighted by Crippen LogP contribution is -2.51. The van der Waals surface area contributed by atoms with Crippen LogP contribution >= 0.6 is 0 Å². The van der Waals surface area contributed by atoms with Crippen LogP contribution in [0, 0.1) is 17.8 Å². The second kappa shape index (κ2) is 4.19. The Bertz CT molecular complexity index is 396. The standard InChI is InChI=1S/C15H24O4/c1-9-4-5-11-10(9)6-14(2)7-12(15(11,3)19-14)18-13(17)8-16/h9-12,16H,4-8H2,1-3H3/t9?,10-,11?,12?,14?,15?/m1/s1. The van der Waals surface area contributed by atoms with Crippen molar-refractivity contribution < 1.29 is 19.4 Å². The van der Waals surface area contributed by atoms with Crippen molar-refractivity contribution in [3.63, 3.8) is 0 Å². The third kappa shape index (κ3) is 1.91. The summed E-state index contributed by atoms with van der Waals surface area (Å²) in [5, 5.41) is 8.90. The molecule has 2 aliphatic heterocycles. The minimum Gasteiger partial charge on any atom is -0.457 e. The van der Waals surface area contributed by atoms with Crippen LogP contribution in [0.4, 0.5) is 0 Å². The van der Waals surface area contributed by atoms with Gasteiger partial charge < -0.3 is 14.6 Å². The Morgan fingerprint density at radius 3 is 2.79 bits per heavy atom. The lowest BCUT2D eigenvalue weighted by molar-refractivity contribution is -0.199. The molecule has 0 aromatic carbocycles. The number of fused-ring (bicyclic) bond motifs is 4. The molecule has 0 spiro atoms. The maximum Gasteiger partial charge on any atom is 0.332 e. The number of ether oxygens (including phenoxy) is 2. The quantitative estimate of drug-likeness (QED) is 0.777. The molecule has 1 aliphatic carbocycles. The highest BCUT2D eigenvalue weighted by molar-refractivity contribution is 5.70. The summed E-state index contributed by atoms with van der Waals surface area (Å²) in [5.74, 6) is 1.37. The van der Waals surface area contributed by atoms with Gasteiger partial charge in [-0.05, 0) is 44.4 Å². The normalized spacial score (nSPS) is 52.0. The zero-order chi connectivity index (χ0) is 13.8. The van der Waals surface area contributed by atoms with E-state index in [9.17, 15) is 4.79 Å². The Morgan fingerprint density at radius 1 is 1.37 bits per heavy atom. The molecule has 4 heteroatoms. The summed E-state index contributed by atoms with van der Waals surface area (Å²) in [6, 6.07) is 0. The van der Waals surface area contributed by atoms with Gasteiger partial charge in [-0.1, -0.05) is 13.3 Å². The van der Waals surface area contributed by atoms with Crippen LogP contribution in [-0.4, -0.2) is 35.0 Å². The Balaban J connectivity index is 1.88. The third-order valence-corrected chi connectivity index (χ3v) is 5.71. The van der Waals surface area contributed by atoms with Gasteiger partial charge in [-0.3, -0.25) is 0 Å². The van der Waals surface area contributed by atoms with Crippen molar-refractivity contribution in [1.29, 1.82) is 0 Å². The van der Waals surface area contributed by atoms with E-state index in [4.69, 9.17) is 14.6 Å². The number of aliphatic hydroxyl groups is 1. The molecule has 3 rings (SSSR count). The fraction of sp³-hybridized carbons (Fsp3) is 0.933. The van der Waals surface area contributed by atoms with Crippen molar-refractivity contribution in [2.45, 2.75) is 63.8 Å². The second-order valence-corrected chi connectivity index (χ2v) is 7.11. The highest BCUT2D eigenvalue weighted by Gasteiger charge is 2.64. The lowest BCUT2D eigenvalue weighted by Gasteiger charge is -2.46. The second-order valence-electron chi connectivity index (χ2n) is 7.11. The van der Waals surface area contributed by atoms with Gasteiger partial charge in [-0.15, -0.1) is 0 Å². The van der Waals surface area contributed by atoms with Crippen LogP contribution in [-0.2, 0) is 14.3 Å². The molecule has 3 fully saturated rings. The maximum atomic E-state index is 11.4. The van der Waals surface area contributed by atoms with Crippen molar-refractivity contribution in [3.05, 3.63) is 0 Å². The number of rotatable bonds is 2. The van der Waals surface area contributed by atoms with Gasteiger partial charge in [-0.25, -0.2) is 4.79 Å². The van der Waals surface area contributed by atoms with E-state index >= 15 is 0 Å². The van der Waals surface area contributed by atoms with E-state index in [0.717, 1.165) is 25.2 Å². The molecule has 4 nitrogen and oxygen atoms in total. The zero-order valence-corrected chi connectivity index (χ0v) is 12.0. The van der Waals surface area contributed by atoms with Crippen molar-refractivity contribution in [2.24, 2.45) is 17.8 Å². The van der Waals surface area contributed by atoms with E-state index in [1.807, 2.05) is 0 Å². The molecule has 0 amide bonds. The highest BCUT2D eigenvalue weighted by Crippen LogP contribution is 2.60. The molecule has 6 atom stereocenters. The molecule has 5 unspecified atom stereocenters. The highest BCUT2D eigenvalue weighted by atomic mass is 16.6. The fourth-order valence-electron chi connectivity index (χ4n) is 4.85. The van der Waals surface area contributed by atoms with Gasteiger partial charge in [-0.2, -0.15) is 0 Å². The molecular formula is C15H24O4. The first-order valence-electron chi connectivity index (χ1n) is 7.38. The molecule has 19 heavy (non-hydrogen) atoms. The molecule has 2 bridgehead atoms. The van der Waals surface area contributed by atoms with E-state index < -0.39 is 12.6 Å². The molecule has 0 aromatic rings. The average Bonchev–Trinajstić information content (AvgIpc) is 2.78. The van der Waals surface area contributed by atoms with E-state index in [-0.39, 0.29) is 17.3 Å². The van der Waals surface area contributed by atoms with Crippen LogP contribution in [0.25, 0.3) is 0 Å². The summed E-state index contributed by atoms with van der Waals surface area (Å²) in [6.45, 7) is 6.02. The summed E-state index contributed by atoms with van der Waals surface area (Å²) in [4.78, 5) is 11.4. The Labute approximate surface area is 114 Å². The van der Waals surface area contributed by atoms with Crippen LogP contribution in [0.1, 0.15) is 46.5 Å². The number of esters is 1.